The summed E-state index contributed by atoms with van der Waals surface area (Å²) >= 11 is 0. The van der Waals surface area contributed by atoms with Gasteiger partial charge in [-0.15, -0.1) is 0 Å². The molecule has 3 heterocycles. The third-order valence-corrected chi connectivity index (χ3v) is 7.64. The van der Waals surface area contributed by atoms with E-state index in [1.165, 1.54) is 22.2 Å². The number of H-pyrrole nitrogens is 1. The van der Waals surface area contributed by atoms with E-state index in [2.05, 4.69) is 70.4 Å². The molecule has 0 radical (unpaired) electrons. The minimum atomic E-state index is -0.0975. The topological polar surface area (TPSA) is 40.1 Å². The molecule has 1 saturated heterocycles. The van der Waals surface area contributed by atoms with E-state index >= 15 is 0 Å². The number of para-hydroxylation sites is 1. The molecule has 0 amide bonds. The van der Waals surface area contributed by atoms with Gasteiger partial charge in [-0.25, -0.2) is 4.39 Å². The average Bonchev–Trinajstić information content (AvgIpc) is 3.40. The molecule has 2 aromatic heterocycles. The number of fused-ring (bicyclic) bond motifs is 1. The molecule has 5 nitrogen and oxygen atoms in total. The predicted molar refractivity (Wildman–Crippen MR) is 140 cm³/mol. The molecule has 35 heavy (non-hydrogen) atoms. The van der Waals surface area contributed by atoms with Crippen molar-refractivity contribution in [2.24, 2.45) is 13.0 Å². The fourth-order valence-corrected chi connectivity index (χ4v) is 5.72. The maximum atomic E-state index is 14.6. The first-order valence-electron chi connectivity index (χ1n) is 12.7. The zero-order valence-corrected chi connectivity index (χ0v) is 21.0. The van der Waals surface area contributed by atoms with E-state index < -0.39 is 0 Å². The number of hydrogen-bond donors (Lipinski definition) is 1. The van der Waals surface area contributed by atoms with Gasteiger partial charge in [0.25, 0.3) is 0 Å². The van der Waals surface area contributed by atoms with Crippen LogP contribution in [0.4, 0.5) is 4.39 Å². The van der Waals surface area contributed by atoms with E-state index in [9.17, 15) is 4.39 Å². The Labute approximate surface area is 207 Å². The second-order valence-corrected chi connectivity index (χ2v) is 10.2. The van der Waals surface area contributed by atoms with Crippen LogP contribution >= 0.6 is 0 Å². The molecule has 1 fully saturated rings. The number of nitrogens with one attached hydrogen (secondary N) is 1. The Kier molecular flexibility index (Phi) is 7.02. The van der Waals surface area contributed by atoms with E-state index in [1.54, 1.807) is 12.1 Å². The highest BCUT2D eigenvalue weighted by Crippen LogP contribution is 2.29. The van der Waals surface area contributed by atoms with Crippen LogP contribution in [0, 0.1) is 18.7 Å². The first-order valence-corrected chi connectivity index (χ1v) is 12.7. The Hall–Kier alpha value is -2.96. The molecule has 0 saturated carbocycles. The number of piperidine rings is 1. The van der Waals surface area contributed by atoms with Crippen LogP contribution in [0.3, 0.4) is 0 Å². The Morgan fingerprint density at radius 1 is 1.09 bits per heavy atom. The van der Waals surface area contributed by atoms with Gasteiger partial charge >= 0.3 is 0 Å². The van der Waals surface area contributed by atoms with Crippen molar-refractivity contribution >= 4 is 10.9 Å². The van der Waals surface area contributed by atoms with Crippen molar-refractivity contribution in [2.45, 2.75) is 45.3 Å². The van der Waals surface area contributed by atoms with E-state index in [0.717, 1.165) is 56.7 Å². The molecule has 1 N–H and O–H groups in total. The molecule has 2 aromatic carbocycles. The predicted octanol–water partition coefficient (Wildman–Crippen LogP) is 5.30. The SMILES string of the molecule is Cc1nn(C)cc1CN(C)[C@@H](Cc1ccccc1F)C1CCN(Cc2cc3ccccc3[nH]2)CC1. The normalized spacial score (nSPS) is 16.4. The number of hydrogen-bond acceptors (Lipinski definition) is 3. The molecule has 0 unspecified atom stereocenters. The molecule has 5 rings (SSSR count). The number of benzene rings is 2. The van der Waals surface area contributed by atoms with Gasteiger partial charge in [-0.2, -0.15) is 5.10 Å². The van der Waals surface area contributed by atoms with Gasteiger partial charge in [0.05, 0.1) is 5.69 Å². The van der Waals surface area contributed by atoms with Gasteiger partial charge in [-0.05, 0) is 81.4 Å². The van der Waals surface area contributed by atoms with Crippen LogP contribution in [0.15, 0.2) is 60.8 Å². The number of likely N-dealkylation sites (tertiary alicyclic amines) is 1. The summed E-state index contributed by atoms with van der Waals surface area (Å²) in [4.78, 5) is 8.54. The number of nitrogens with zero attached hydrogens (tertiary/aromatic N) is 4. The number of halogens is 1. The summed E-state index contributed by atoms with van der Waals surface area (Å²) in [5.41, 5.74) is 5.60. The van der Waals surface area contributed by atoms with Crippen molar-refractivity contribution in [3.8, 4) is 0 Å². The molecule has 0 aliphatic carbocycles. The molecule has 0 spiro atoms. The Morgan fingerprint density at radius 2 is 1.83 bits per heavy atom. The van der Waals surface area contributed by atoms with Gasteiger partial charge in [0.15, 0.2) is 0 Å². The number of likely N-dealkylation sites (N-methyl/N-ethyl adjacent to an activating group) is 1. The van der Waals surface area contributed by atoms with Crippen molar-refractivity contribution in [3.05, 3.63) is 89.1 Å². The van der Waals surface area contributed by atoms with E-state index in [4.69, 9.17) is 0 Å². The molecule has 6 heteroatoms. The maximum absolute atomic E-state index is 14.6. The number of aryl methyl sites for hydroxylation is 2. The Bertz CT molecular complexity index is 1230. The van der Waals surface area contributed by atoms with Crippen molar-refractivity contribution in [2.75, 3.05) is 20.1 Å². The number of rotatable bonds is 8. The smallest absolute Gasteiger partial charge is 0.126 e. The minimum Gasteiger partial charge on any atom is -0.357 e. The molecule has 4 aromatic rings. The third kappa shape index (κ3) is 5.49. The van der Waals surface area contributed by atoms with Gasteiger partial charge in [-0.3, -0.25) is 14.5 Å². The van der Waals surface area contributed by atoms with Gasteiger partial charge < -0.3 is 4.98 Å². The van der Waals surface area contributed by atoms with Gasteiger partial charge in [0, 0.05) is 49.1 Å². The van der Waals surface area contributed by atoms with Crippen molar-refractivity contribution in [1.29, 1.82) is 0 Å². The average molecular weight is 474 g/mol. The summed E-state index contributed by atoms with van der Waals surface area (Å²) in [6.45, 7) is 5.97. The Balaban J connectivity index is 1.28. The fraction of sp³-hybridized carbons (Fsp3) is 0.414. The van der Waals surface area contributed by atoms with Crippen LogP contribution in [0.25, 0.3) is 10.9 Å². The lowest BCUT2D eigenvalue weighted by atomic mass is 9.84. The van der Waals surface area contributed by atoms with E-state index in [1.807, 2.05) is 23.9 Å². The van der Waals surface area contributed by atoms with E-state index in [-0.39, 0.29) is 11.9 Å². The monoisotopic (exact) mass is 473 g/mol. The molecule has 1 aliphatic rings. The van der Waals surface area contributed by atoms with Crippen molar-refractivity contribution in [1.82, 2.24) is 24.6 Å². The lowest BCUT2D eigenvalue weighted by Crippen LogP contribution is -2.45. The van der Waals surface area contributed by atoms with Crippen LogP contribution in [-0.2, 0) is 26.6 Å². The highest BCUT2D eigenvalue weighted by molar-refractivity contribution is 5.80. The van der Waals surface area contributed by atoms with Crippen LogP contribution < -0.4 is 0 Å². The first kappa shape index (κ1) is 23.8. The van der Waals surface area contributed by atoms with Crippen LogP contribution in [0.1, 0.15) is 35.4 Å². The summed E-state index contributed by atoms with van der Waals surface area (Å²) in [7, 11) is 4.16. The van der Waals surface area contributed by atoms with Crippen LogP contribution in [0.2, 0.25) is 0 Å². The summed E-state index contributed by atoms with van der Waals surface area (Å²) in [5, 5.41) is 5.79. The van der Waals surface area contributed by atoms with Crippen LogP contribution in [0.5, 0.6) is 0 Å². The maximum Gasteiger partial charge on any atom is 0.126 e. The zero-order chi connectivity index (χ0) is 24.4. The lowest BCUT2D eigenvalue weighted by molar-refractivity contribution is 0.0944. The molecule has 1 aliphatic heterocycles. The highest BCUT2D eigenvalue weighted by atomic mass is 19.1. The van der Waals surface area contributed by atoms with E-state index in [0.29, 0.717) is 5.92 Å². The minimum absolute atomic E-state index is 0.0975. The molecular weight excluding hydrogens is 437 g/mol. The summed E-state index contributed by atoms with van der Waals surface area (Å²) in [6, 6.07) is 18.3. The molecule has 0 bridgehead atoms. The largest absolute Gasteiger partial charge is 0.357 e. The summed E-state index contributed by atoms with van der Waals surface area (Å²) in [5.74, 6) is 0.426. The first-order chi connectivity index (χ1) is 17.0. The standard InChI is InChI=1S/C29H36FN5/c1-21-25(19-34(3)32-21)18-33(2)29(17-23-8-4-6-10-27(23)30)22-12-14-35(15-13-22)20-26-16-24-9-5-7-11-28(24)31-26/h4-11,16,19,22,29,31H,12-15,17-18,20H2,1-3H3/t29-/m0/s1. The zero-order valence-electron chi connectivity index (χ0n) is 21.0. The second-order valence-electron chi connectivity index (χ2n) is 10.2. The lowest BCUT2D eigenvalue weighted by Gasteiger charge is -2.40. The molecule has 1 atom stereocenters. The third-order valence-electron chi connectivity index (χ3n) is 7.64. The quantitative estimate of drug-likeness (QED) is 0.377. The second kappa shape index (κ2) is 10.3. The number of aromatic nitrogens is 3. The van der Waals surface area contributed by atoms with Gasteiger partial charge in [0.2, 0.25) is 0 Å². The van der Waals surface area contributed by atoms with Crippen LogP contribution in [-0.4, -0.2) is 50.7 Å². The molecular formula is C29H36FN5. The summed E-state index contributed by atoms with van der Waals surface area (Å²) < 4.78 is 16.5. The fourth-order valence-electron chi connectivity index (χ4n) is 5.72. The van der Waals surface area contributed by atoms with Gasteiger partial charge in [-0.1, -0.05) is 36.4 Å². The summed E-state index contributed by atoms with van der Waals surface area (Å²) in [6.07, 6.45) is 5.08. The van der Waals surface area contributed by atoms with Crippen molar-refractivity contribution in [3.63, 3.8) is 0 Å². The highest BCUT2D eigenvalue weighted by Gasteiger charge is 2.30. The number of aromatic amines is 1. The molecule has 184 valence electrons. The Morgan fingerprint density at radius 3 is 2.54 bits per heavy atom. The van der Waals surface area contributed by atoms with Gasteiger partial charge in [0.1, 0.15) is 5.82 Å². The van der Waals surface area contributed by atoms with Crippen molar-refractivity contribution < 1.29 is 4.39 Å².